The van der Waals surface area contributed by atoms with Gasteiger partial charge in [-0.15, -0.1) is 10.2 Å². The second kappa shape index (κ2) is 6.37. The summed E-state index contributed by atoms with van der Waals surface area (Å²) in [5.41, 5.74) is -0.629. The van der Waals surface area contributed by atoms with Crippen molar-refractivity contribution in [2.45, 2.75) is 38.0 Å². The second-order valence-electron chi connectivity index (χ2n) is 7.02. The van der Waals surface area contributed by atoms with E-state index in [4.69, 9.17) is 21.1 Å². The molecule has 2 unspecified atom stereocenters. The zero-order valence-corrected chi connectivity index (χ0v) is 16.0. The maximum Gasteiger partial charge on any atom is 0.321 e. The van der Waals surface area contributed by atoms with Crippen molar-refractivity contribution in [2.75, 3.05) is 11.9 Å². The van der Waals surface area contributed by atoms with Crippen LogP contribution < -0.4 is 15.4 Å². The summed E-state index contributed by atoms with van der Waals surface area (Å²) in [7, 11) is 0. The van der Waals surface area contributed by atoms with Gasteiger partial charge < -0.3 is 14.8 Å². The Bertz CT molecular complexity index is 826. The van der Waals surface area contributed by atoms with E-state index >= 15 is 0 Å². The number of carbonyl (C=O) groups excluding carboxylic acids is 1. The fourth-order valence-electron chi connectivity index (χ4n) is 3.38. The van der Waals surface area contributed by atoms with E-state index in [0.717, 1.165) is 6.42 Å². The highest BCUT2D eigenvalue weighted by Gasteiger charge is 2.69. The van der Waals surface area contributed by atoms with Crippen molar-refractivity contribution in [2.24, 2.45) is 5.92 Å². The fraction of sp³-hybridized carbons (Fsp3) is 0.471. The first-order chi connectivity index (χ1) is 12.4. The summed E-state index contributed by atoms with van der Waals surface area (Å²) in [5, 5.41) is 15.6. The van der Waals surface area contributed by atoms with E-state index < -0.39 is 0 Å². The lowest BCUT2D eigenvalue weighted by Crippen LogP contribution is -2.52. The molecule has 2 heterocycles. The number of ether oxygens (including phenoxy) is 2. The van der Waals surface area contributed by atoms with Crippen molar-refractivity contribution in [3.8, 4) is 5.75 Å². The largest absolute Gasteiger partial charge is 0.486 e. The first-order valence-electron chi connectivity index (χ1n) is 8.32. The summed E-state index contributed by atoms with van der Waals surface area (Å²) >= 11 is 7.12. The van der Waals surface area contributed by atoms with Crippen molar-refractivity contribution in [3.63, 3.8) is 0 Å². The van der Waals surface area contributed by atoms with Crippen molar-refractivity contribution in [1.29, 1.82) is 0 Å². The third kappa shape index (κ3) is 3.24. The van der Waals surface area contributed by atoms with Crippen LogP contribution in [0.25, 0.3) is 0 Å². The first kappa shape index (κ1) is 17.5. The molecule has 26 heavy (non-hydrogen) atoms. The number of benzene rings is 1. The number of halogens is 1. The van der Waals surface area contributed by atoms with Gasteiger partial charge >= 0.3 is 6.03 Å². The van der Waals surface area contributed by atoms with E-state index in [1.165, 1.54) is 11.3 Å². The molecule has 4 rings (SSSR count). The molecular formula is C17H19ClN4O3S. The minimum absolute atomic E-state index is 0.273. The number of anilines is 1. The molecule has 2 atom stereocenters. The average molecular weight is 395 g/mol. The molecule has 7 nitrogen and oxygen atoms in total. The maximum atomic E-state index is 12.3. The second-order valence-corrected chi connectivity index (χ2v) is 8.51. The van der Waals surface area contributed by atoms with E-state index in [9.17, 15) is 4.79 Å². The topological polar surface area (TPSA) is 85.4 Å². The zero-order valence-electron chi connectivity index (χ0n) is 14.4. The number of nitrogens with one attached hydrogen (secondary N) is 2. The average Bonchev–Trinajstić information content (AvgIpc) is 3.03. The molecule has 2 amide bonds. The molecule has 2 N–H and O–H groups in total. The fourth-order valence-corrected chi connectivity index (χ4v) is 4.15. The van der Waals surface area contributed by atoms with Gasteiger partial charge in [0.05, 0.1) is 17.7 Å². The van der Waals surface area contributed by atoms with Gasteiger partial charge in [0.15, 0.2) is 5.01 Å². The first-order valence-corrected chi connectivity index (χ1v) is 9.51. The Hall–Kier alpha value is -1.90. The van der Waals surface area contributed by atoms with Crippen LogP contribution in [0.5, 0.6) is 5.75 Å². The standard InChI is InChI=1S/C17H19ClN4O3S/c1-16(2)17(7-10(17)8-25-16)20-14(23)19-15-22-21-13(26-15)9-24-12-5-3-11(18)4-6-12/h3-6,10H,7-9H2,1-2H3,(H2,19,20,22,23). The van der Waals surface area contributed by atoms with E-state index in [-0.39, 0.29) is 23.8 Å². The van der Waals surface area contributed by atoms with Gasteiger partial charge in [-0.1, -0.05) is 22.9 Å². The van der Waals surface area contributed by atoms with Crippen LogP contribution >= 0.6 is 22.9 Å². The Morgan fingerprint density at radius 2 is 2.15 bits per heavy atom. The van der Waals surface area contributed by atoms with Gasteiger partial charge in [-0.05, 0) is 44.5 Å². The number of nitrogens with zero attached hydrogens (tertiary/aromatic N) is 2. The van der Waals surface area contributed by atoms with Crippen LogP contribution in [0.4, 0.5) is 9.93 Å². The summed E-state index contributed by atoms with van der Waals surface area (Å²) in [6.45, 7) is 4.99. The number of rotatable bonds is 5. The van der Waals surface area contributed by atoms with Crippen LogP contribution in [0, 0.1) is 5.92 Å². The SMILES string of the molecule is CC1(C)OCC2CC21NC(=O)Nc1nnc(COc2ccc(Cl)cc2)s1. The Labute approximate surface area is 160 Å². The number of urea groups is 1. The molecule has 2 aliphatic rings. The molecule has 1 saturated carbocycles. The van der Waals surface area contributed by atoms with Crippen LogP contribution in [-0.4, -0.2) is 34.0 Å². The highest BCUT2D eigenvalue weighted by molar-refractivity contribution is 7.15. The summed E-state index contributed by atoms with van der Waals surface area (Å²) < 4.78 is 11.4. The molecular weight excluding hydrogens is 376 g/mol. The molecule has 1 aliphatic heterocycles. The van der Waals surface area contributed by atoms with Gasteiger partial charge in [0.2, 0.25) is 5.13 Å². The number of hydrogen-bond donors (Lipinski definition) is 2. The summed E-state index contributed by atoms with van der Waals surface area (Å²) in [5.74, 6) is 1.08. The Balaban J connectivity index is 1.31. The summed E-state index contributed by atoms with van der Waals surface area (Å²) in [4.78, 5) is 12.3. The molecule has 1 aliphatic carbocycles. The number of amides is 2. The predicted octanol–water partition coefficient (Wildman–Crippen LogP) is 3.46. The predicted molar refractivity (Wildman–Crippen MR) is 98.7 cm³/mol. The van der Waals surface area contributed by atoms with Gasteiger partial charge in [0.25, 0.3) is 0 Å². The lowest BCUT2D eigenvalue weighted by molar-refractivity contribution is -0.00667. The van der Waals surface area contributed by atoms with Crippen LogP contribution in [0.2, 0.25) is 5.02 Å². The third-order valence-corrected chi connectivity index (χ3v) is 6.09. The Morgan fingerprint density at radius 1 is 1.38 bits per heavy atom. The number of carbonyl (C=O) groups is 1. The Kier molecular flexibility index (Phi) is 4.29. The highest BCUT2D eigenvalue weighted by Crippen LogP contribution is 2.57. The van der Waals surface area contributed by atoms with E-state index in [2.05, 4.69) is 20.8 Å². The van der Waals surface area contributed by atoms with Gasteiger partial charge in [0.1, 0.15) is 12.4 Å². The van der Waals surface area contributed by atoms with Crippen LogP contribution in [0.1, 0.15) is 25.3 Å². The van der Waals surface area contributed by atoms with E-state index in [0.29, 0.717) is 33.4 Å². The molecule has 2 fully saturated rings. The van der Waals surface area contributed by atoms with Crippen molar-refractivity contribution in [1.82, 2.24) is 15.5 Å². The number of hydrogen-bond acceptors (Lipinski definition) is 6. The quantitative estimate of drug-likeness (QED) is 0.811. The lowest BCUT2D eigenvalue weighted by atomic mass is 9.96. The van der Waals surface area contributed by atoms with Crippen molar-refractivity contribution in [3.05, 3.63) is 34.3 Å². The van der Waals surface area contributed by atoms with E-state index in [1.807, 2.05) is 13.8 Å². The number of fused-ring (bicyclic) bond motifs is 1. The molecule has 9 heteroatoms. The third-order valence-electron chi connectivity index (χ3n) is 5.02. The molecule has 0 radical (unpaired) electrons. The van der Waals surface area contributed by atoms with Gasteiger partial charge in [-0.25, -0.2) is 4.79 Å². The molecule has 1 saturated heterocycles. The maximum absolute atomic E-state index is 12.3. The number of aromatic nitrogens is 2. The smallest absolute Gasteiger partial charge is 0.321 e. The van der Waals surface area contributed by atoms with Gasteiger partial charge in [-0.2, -0.15) is 0 Å². The summed E-state index contributed by atoms with van der Waals surface area (Å²) in [6.07, 6.45) is 0.948. The van der Waals surface area contributed by atoms with Crippen molar-refractivity contribution >= 4 is 34.1 Å². The highest BCUT2D eigenvalue weighted by atomic mass is 35.5. The molecule has 1 aromatic carbocycles. The monoisotopic (exact) mass is 394 g/mol. The Morgan fingerprint density at radius 3 is 2.81 bits per heavy atom. The minimum Gasteiger partial charge on any atom is -0.486 e. The molecule has 0 spiro atoms. The van der Waals surface area contributed by atoms with E-state index in [1.54, 1.807) is 24.3 Å². The normalized spacial score (nSPS) is 25.4. The van der Waals surface area contributed by atoms with Crippen LogP contribution in [0.15, 0.2) is 24.3 Å². The van der Waals surface area contributed by atoms with Crippen LogP contribution in [-0.2, 0) is 11.3 Å². The molecule has 0 bridgehead atoms. The van der Waals surface area contributed by atoms with Crippen LogP contribution in [0.3, 0.4) is 0 Å². The molecule has 138 valence electrons. The molecule has 1 aromatic heterocycles. The summed E-state index contributed by atoms with van der Waals surface area (Å²) in [6, 6.07) is 6.80. The zero-order chi connectivity index (χ0) is 18.4. The lowest BCUT2D eigenvalue weighted by Gasteiger charge is -2.30. The molecule has 2 aromatic rings. The van der Waals surface area contributed by atoms with Crippen molar-refractivity contribution < 1.29 is 14.3 Å². The van der Waals surface area contributed by atoms with Gasteiger partial charge in [-0.3, -0.25) is 5.32 Å². The minimum atomic E-state index is -0.353. The van der Waals surface area contributed by atoms with Gasteiger partial charge in [0, 0.05) is 10.9 Å².